The Morgan fingerprint density at radius 1 is 0.750 bits per heavy atom. The Kier molecular flexibility index (Phi) is 4.11. The lowest BCUT2D eigenvalue weighted by molar-refractivity contribution is 0.0235. The molecule has 0 aliphatic rings. The molecule has 0 aromatic heterocycles. The Balaban J connectivity index is 1.70. The molecule has 0 fully saturated rings. The van der Waals surface area contributed by atoms with Gasteiger partial charge in [0, 0.05) is 6.54 Å². The van der Waals surface area contributed by atoms with Crippen molar-refractivity contribution in [3.63, 3.8) is 0 Å². The van der Waals surface area contributed by atoms with E-state index in [1.54, 1.807) is 0 Å². The third kappa shape index (κ3) is 3.50. The van der Waals surface area contributed by atoms with Crippen molar-refractivity contribution in [1.29, 1.82) is 0 Å². The summed E-state index contributed by atoms with van der Waals surface area (Å²) in [7, 11) is 0. The predicted octanol–water partition coefficient (Wildman–Crippen LogP) is 2.91. The summed E-state index contributed by atoms with van der Waals surface area (Å²) in [6.07, 6.45) is 0. The lowest BCUT2D eigenvalue weighted by Gasteiger charge is -2.05. The molecule has 82 valence electrons. The summed E-state index contributed by atoms with van der Waals surface area (Å²) in [5, 5.41) is 0. The number of benzene rings is 2. The number of nitrogens with one attached hydrogen (secondary N) is 1. The van der Waals surface area contributed by atoms with Crippen molar-refractivity contribution in [2.45, 2.75) is 13.2 Å². The van der Waals surface area contributed by atoms with Gasteiger partial charge in [-0.3, -0.25) is 4.84 Å². The van der Waals surface area contributed by atoms with Gasteiger partial charge in [-0.2, -0.15) is 5.48 Å². The molecule has 0 aliphatic carbocycles. The molecule has 0 spiro atoms. The molecule has 0 atom stereocenters. The van der Waals surface area contributed by atoms with Crippen LogP contribution in [-0.4, -0.2) is 0 Å². The fourth-order valence-corrected chi connectivity index (χ4v) is 1.44. The lowest BCUT2D eigenvalue weighted by atomic mass is 10.2. The number of hydrogen-bond donors (Lipinski definition) is 1. The van der Waals surface area contributed by atoms with Crippen molar-refractivity contribution >= 4 is 0 Å². The largest absolute Gasteiger partial charge is 0.297 e. The number of hydroxylamine groups is 1. The van der Waals surface area contributed by atoms with Gasteiger partial charge in [0.15, 0.2) is 0 Å². The molecule has 2 aromatic carbocycles. The molecule has 2 heteroatoms. The van der Waals surface area contributed by atoms with Crippen LogP contribution in [0.25, 0.3) is 0 Å². The van der Waals surface area contributed by atoms with Gasteiger partial charge in [0.25, 0.3) is 0 Å². The van der Waals surface area contributed by atoms with Crippen LogP contribution >= 0.6 is 0 Å². The summed E-state index contributed by atoms with van der Waals surface area (Å²) in [4.78, 5) is 5.37. The van der Waals surface area contributed by atoms with Crippen molar-refractivity contribution in [2.24, 2.45) is 0 Å². The van der Waals surface area contributed by atoms with Crippen LogP contribution in [0.2, 0.25) is 0 Å². The Morgan fingerprint density at radius 3 is 1.94 bits per heavy atom. The molecular formula is C14H15NO. The first-order chi connectivity index (χ1) is 7.95. The molecular weight excluding hydrogens is 198 g/mol. The van der Waals surface area contributed by atoms with E-state index < -0.39 is 0 Å². The molecule has 0 saturated carbocycles. The van der Waals surface area contributed by atoms with Crippen molar-refractivity contribution in [1.82, 2.24) is 5.48 Å². The molecule has 0 heterocycles. The van der Waals surface area contributed by atoms with Gasteiger partial charge in [-0.25, -0.2) is 0 Å². The minimum absolute atomic E-state index is 0.591. The molecule has 16 heavy (non-hydrogen) atoms. The van der Waals surface area contributed by atoms with E-state index in [4.69, 9.17) is 4.84 Å². The number of rotatable bonds is 5. The molecule has 1 N–H and O–H groups in total. The molecule has 0 unspecified atom stereocenters. The van der Waals surface area contributed by atoms with E-state index in [2.05, 4.69) is 17.6 Å². The Labute approximate surface area is 95.8 Å². The smallest absolute Gasteiger partial charge is 0.0933 e. The third-order valence-electron chi connectivity index (χ3n) is 2.30. The third-order valence-corrected chi connectivity index (χ3v) is 2.30. The lowest BCUT2D eigenvalue weighted by Crippen LogP contribution is -2.13. The van der Waals surface area contributed by atoms with Gasteiger partial charge in [-0.1, -0.05) is 60.7 Å². The second kappa shape index (κ2) is 6.05. The van der Waals surface area contributed by atoms with Crippen LogP contribution in [0.15, 0.2) is 60.7 Å². The quantitative estimate of drug-likeness (QED) is 0.609. The average Bonchev–Trinajstić information content (AvgIpc) is 2.37. The van der Waals surface area contributed by atoms with Crippen molar-refractivity contribution in [2.75, 3.05) is 0 Å². The normalized spacial score (nSPS) is 10.2. The van der Waals surface area contributed by atoms with E-state index in [-0.39, 0.29) is 0 Å². The fraction of sp³-hybridized carbons (Fsp3) is 0.143. The molecule has 2 nitrogen and oxygen atoms in total. The highest BCUT2D eigenvalue weighted by atomic mass is 16.6. The molecule has 0 amide bonds. The molecule has 0 bridgehead atoms. The van der Waals surface area contributed by atoms with Gasteiger partial charge < -0.3 is 0 Å². The maximum absolute atomic E-state index is 5.37. The molecule has 0 radical (unpaired) electrons. The van der Waals surface area contributed by atoms with Gasteiger partial charge in [-0.05, 0) is 11.1 Å². The van der Waals surface area contributed by atoms with Crippen LogP contribution in [0.5, 0.6) is 0 Å². The van der Waals surface area contributed by atoms with E-state index in [9.17, 15) is 0 Å². The standard InChI is InChI=1S/C14H15NO/c1-3-7-13(8-4-1)11-15-16-12-14-9-5-2-6-10-14/h1-10,15H,11-12H2. The van der Waals surface area contributed by atoms with Crippen molar-refractivity contribution in [3.05, 3.63) is 71.8 Å². The van der Waals surface area contributed by atoms with E-state index in [0.29, 0.717) is 6.61 Å². The zero-order valence-corrected chi connectivity index (χ0v) is 9.10. The monoisotopic (exact) mass is 213 g/mol. The highest BCUT2D eigenvalue weighted by Gasteiger charge is 1.92. The molecule has 0 saturated heterocycles. The summed E-state index contributed by atoms with van der Waals surface area (Å²) in [5.41, 5.74) is 5.34. The van der Waals surface area contributed by atoms with Gasteiger partial charge in [0.1, 0.15) is 0 Å². The molecule has 0 aliphatic heterocycles. The van der Waals surface area contributed by atoms with Gasteiger partial charge in [0.2, 0.25) is 0 Å². The van der Waals surface area contributed by atoms with Gasteiger partial charge in [-0.15, -0.1) is 0 Å². The van der Waals surface area contributed by atoms with Crippen molar-refractivity contribution < 1.29 is 4.84 Å². The van der Waals surface area contributed by atoms with E-state index >= 15 is 0 Å². The predicted molar refractivity (Wildman–Crippen MR) is 64.5 cm³/mol. The summed E-state index contributed by atoms with van der Waals surface area (Å²) in [6, 6.07) is 20.3. The summed E-state index contributed by atoms with van der Waals surface area (Å²) in [5.74, 6) is 0. The zero-order chi connectivity index (χ0) is 11.1. The zero-order valence-electron chi connectivity index (χ0n) is 9.10. The minimum atomic E-state index is 0.591. The van der Waals surface area contributed by atoms with Crippen LogP contribution in [0.1, 0.15) is 11.1 Å². The molecule has 2 aromatic rings. The number of hydrogen-bond acceptors (Lipinski definition) is 2. The van der Waals surface area contributed by atoms with Crippen LogP contribution < -0.4 is 5.48 Å². The highest BCUT2D eigenvalue weighted by Crippen LogP contribution is 2.00. The summed E-state index contributed by atoms with van der Waals surface area (Å²) < 4.78 is 0. The SMILES string of the molecule is c1ccc(CNOCc2ccccc2)cc1. The average molecular weight is 213 g/mol. The van der Waals surface area contributed by atoms with Crippen LogP contribution in [0.4, 0.5) is 0 Å². The Bertz CT molecular complexity index is 358. The summed E-state index contributed by atoms with van der Waals surface area (Å²) in [6.45, 7) is 1.32. The maximum Gasteiger partial charge on any atom is 0.0933 e. The van der Waals surface area contributed by atoms with Crippen LogP contribution in [0.3, 0.4) is 0 Å². The second-order valence-corrected chi connectivity index (χ2v) is 3.58. The highest BCUT2D eigenvalue weighted by molar-refractivity contribution is 5.14. The van der Waals surface area contributed by atoms with Crippen LogP contribution in [-0.2, 0) is 18.0 Å². The topological polar surface area (TPSA) is 21.3 Å². The fourth-order valence-electron chi connectivity index (χ4n) is 1.44. The van der Waals surface area contributed by atoms with Crippen LogP contribution in [0, 0.1) is 0 Å². The molecule has 2 rings (SSSR count). The Hall–Kier alpha value is -1.64. The first kappa shape index (κ1) is 10.9. The van der Waals surface area contributed by atoms with E-state index in [1.807, 2.05) is 48.5 Å². The second-order valence-electron chi connectivity index (χ2n) is 3.58. The van der Waals surface area contributed by atoms with Gasteiger partial charge in [0.05, 0.1) is 6.61 Å². The first-order valence-electron chi connectivity index (χ1n) is 5.37. The van der Waals surface area contributed by atoms with E-state index in [0.717, 1.165) is 6.54 Å². The van der Waals surface area contributed by atoms with E-state index in [1.165, 1.54) is 11.1 Å². The van der Waals surface area contributed by atoms with Gasteiger partial charge >= 0.3 is 0 Å². The first-order valence-corrected chi connectivity index (χ1v) is 5.37. The maximum atomic E-state index is 5.37. The Morgan fingerprint density at radius 2 is 1.31 bits per heavy atom. The van der Waals surface area contributed by atoms with Crippen molar-refractivity contribution in [3.8, 4) is 0 Å². The summed E-state index contributed by atoms with van der Waals surface area (Å²) >= 11 is 0. The minimum Gasteiger partial charge on any atom is -0.297 e.